The van der Waals surface area contributed by atoms with Crippen LogP contribution in [0.15, 0.2) is 24.8 Å². The number of hydrogen-bond donors (Lipinski definition) is 1. The summed E-state index contributed by atoms with van der Waals surface area (Å²) < 4.78 is 15.9. The Morgan fingerprint density at radius 2 is 2.00 bits per heavy atom. The van der Waals surface area contributed by atoms with E-state index < -0.39 is 23.9 Å². The molecule has 0 spiro atoms. The van der Waals surface area contributed by atoms with E-state index in [9.17, 15) is 14.4 Å². The summed E-state index contributed by atoms with van der Waals surface area (Å²) in [5.74, 6) is -0.139. The number of amides is 3. The molecule has 2 heterocycles. The molecule has 1 saturated heterocycles. The molecule has 37 heavy (non-hydrogen) atoms. The van der Waals surface area contributed by atoms with Crippen molar-refractivity contribution in [3.63, 3.8) is 0 Å². The van der Waals surface area contributed by atoms with Crippen LogP contribution in [0.2, 0.25) is 0 Å². The van der Waals surface area contributed by atoms with Crippen LogP contribution in [0.5, 0.6) is 0 Å². The Kier molecular flexibility index (Phi) is 9.31. The summed E-state index contributed by atoms with van der Waals surface area (Å²) >= 11 is 0. The quantitative estimate of drug-likeness (QED) is 0.562. The van der Waals surface area contributed by atoms with Crippen molar-refractivity contribution in [2.24, 2.45) is 0 Å². The normalized spacial score (nSPS) is 18.7. The number of hydrogen-bond acceptors (Lipinski definition) is 7. The van der Waals surface area contributed by atoms with Gasteiger partial charge in [0.15, 0.2) is 6.10 Å². The summed E-state index contributed by atoms with van der Waals surface area (Å²) in [6, 6.07) is 3.71. The van der Waals surface area contributed by atoms with Gasteiger partial charge in [-0.25, -0.2) is 14.6 Å². The third-order valence-electron chi connectivity index (χ3n) is 6.02. The molecular weight excluding hydrogens is 476 g/mol. The highest BCUT2D eigenvalue weighted by Crippen LogP contribution is 2.36. The maximum absolute atomic E-state index is 13.7. The predicted octanol–water partition coefficient (Wildman–Crippen LogP) is 3.78. The third kappa shape index (κ3) is 8.04. The smallest absolute Gasteiger partial charge is 0.410 e. The topological polar surface area (TPSA) is 110 Å². The number of methoxy groups -OCH3 is 1. The number of alkyl carbamates (subject to hydrolysis) is 1. The minimum Gasteiger partial charge on any atom is -0.453 e. The number of carbonyl (C=O) groups excluding carboxylic acids is 3. The minimum absolute atomic E-state index is 0.117. The Hall–Kier alpha value is -3.40. The van der Waals surface area contributed by atoms with Crippen molar-refractivity contribution in [3.8, 4) is 0 Å². The van der Waals surface area contributed by atoms with E-state index in [0.717, 1.165) is 18.4 Å². The first-order valence-electron chi connectivity index (χ1n) is 12.6. The van der Waals surface area contributed by atoms with E-state index in [0.29, 0.717) is 17.9 Å². The Balaban J connectivity index is 1.76. The molecule has 0 bridgehead atoms. The first-order valence-corrected chi connectivity index (χ1v) is 12.6. The monoisotopic (exact) mass is 514 g/mol. The minimum atomic E-state index is -0.756. The number of carbonyl (C=O) groups is 3. The molecule has 1 aromatic heterocycles. The fourth-order valence-electron chi connectivity index (χ4n) is 4.08. The molecular formula is C27H38N4O6. The summed E-state index contributed by atoms with van der Waals surface area (Å²) in [5.41, 5.74) is 1.65. The average molecular weight is 515 g/mol. The lowest BCUT2D eigenvalue weighted by Gasteiger charge is -2.38. The second kappa shape index (κ2) is 12.2. The highest BCUT2D eigenvalue weighted by atomic mass is 16.6. The second-order valence-electron chi connectivity index (χ2n) is 10.2. The van der Waals surface area contributed by atoms with Crippen LogP contribution in [0, 0.1) is 0 Å². The van der Waals surface area contributed by atoms with E-state index in [1.165, 1.54) is 7.11 Å². The van der Waals surface area contributed by atoms with Crippen molar-refractivity contribution in [2.45, 2.75) is 64.3 Å². The molecule has 1 aliphatic carbocycles. The van der Waals surface area contributed by atoms with Gasteiger partial charge < -0.3 is 29.3 Å². The third-order valence-corrected chi connectivity index (χ3v) is 6.02. The number of rotatable bonds is 8. The highest BCUT2D eigenvalue weighted by molar-refractivity contribution is 5.83. The Labute approximate surface area is 218 Å². The average Bonchev–Trinajstić information content (AvgIpc) is 3.70. The van der Waals surface area contributed by atoms with Crippen molar-refractivity contribution >= 4 is 30.2 Å². The van der Waals surface area contributed by atoms with Gasteiger partial charge in [-0.15, -0.1) is 0 Å². The molecule has 2 fully saturated rings. The molecule has 1 saturated carbocycles. The largest absolute Gasteiger partial charge is 0.453 e. The maximum Gasteiger partial charge on any atom is 0.410 e. The van der Waals surface area contributed by atoms with Gasteiger partial charge in [-0.1, -0.05) is 12.7 Å². The van der Waals surface area contributed by atoms with Gasteiger partial charge in [0.05, 0.1) is 37.7 Å². The van der Waals surface area contributed by atoms with E-state index in [-0.39, 0.29) is 37.7 Å². The molecule has 3 amide bonds. The molecule has 1 aromatic rings. The van der Waals surface area contributed by atoms with Crippen LogP contribution in [0.3, 0.4) is 0 Å². The zero-order valence-corrected chi connectivity index (χ0v) is 22.4. The van der Waals surface area contributed by atoms with Crippen LogP contribution in [0.4, 0.5) is 9.59 Å². The van der Waals surface area contributed by atoms with E-state index >= 15 is 0 Å². The zero-order valence-electron chi connectivity index (χ0n) is 22.4. The van der Waals surface area contributed by atoms with Gasteiger partial charge in [0.2, 0.25) is 0 Å². The van der Waals surface area contributed by atoms with Crippen LogP contribution in [-0.4, -0.2) is 84.0 Å². The number of nitrogens with one attached hydrogen (secondary N) is 1. The summed E-state index contributed by atoms with van der Waals surface area (Å²) in [7, 11) is 1.31. The van der Waals surface area contributed by atoms with Crippen molar-refractivity contribution in [1.82, 2.24) is 20.1 Å². The maximum atomic E-state index is 13.7. The van der Waals surface area contributed by atoms with Gasteiger partial charge in [0, 0.05) is 19.1 Å². The Morgan fingerprint density at radius 3 is 2.62 bits per heavy atom. The molecule has 2 aliphatic rings. The van der Waals surface area contributed by atoms with Crippen LogP contribution >= 0.6 is 0 Å². The molecule has 10 heteroatoms. The van der Waals surface area contributed by atoms with E-state index in [1.54, 1.807) is 23.1 Å². The summed E-state index contributed by atoms with van der Waals surface area (Å²) in [6.45, 7) is 12.4. The first kappa shape index (κ1) is 28.2. The van der Waals surface area contributed by atoms with Crippen molar-refractivity contribution in [2.75, 3.05) is 33.4 Å². The molecule has 10 nitrogen and oxygen atoms in total. The molecule has 3 rings (SSSR count). The van der Waals surface area contributed by atoms with Gasteiger partial charge in [0.25, 0.3) is 5.91 Å². The fourth-order valence-corrected chi connectivity index (χ4v) is 4.08. The molecule has 1 aliphatic heterocycles. The van der Waals surface area contributed by atoms with Crippen LogP contribution in [-0.2, 0) is 19.0 Å². The first-order chi connectivity index (χ1) is 17.5. The number of ether oxygens (including phenoxy) is 3. The SMILES string of the molecule is C=Cc1cc(C(C)N(C(=O)[C@H]2CN(C(=O)OC(C)(C)C)CCO2)C2CC2)cc(C=CCNC(=O)OC)n1. The van der Waals surface area contributed by atoms with Crippen molar-refractivity contribution < 1.29 is 28.6 Å². The predicted molar refractivity (Wildman–Crippen MR) is 140 cm³/mol. The molecule has 1 N–H and O–H groups in total. The number of nitrogens with zero attached hydrogens (tertiary/aromatic N) is 3. The number of morpholine rings is 1. The lowest BCUT2D eigenvalue weighted by molar-refractivity contribution is -0.151. The number of pyridine rings is 1. The molecule has 0 radical (unpaired) electrons. The number of aromatic nitrogens is 1. The van der Waals surface area contributed by atoms with Crippen molar-refractivity contribution in [3.05, 3.63) is 41.7 Å². The summed E-state index contributed by atoms with van der Waals surface area (Å²) in [4.78, 5) is 45.5. The lowest BCUT2D eigenvalue weighted by atomic mass is 10.0. The highest BCUT2D eigenvalue weighted by Gasteiger charge is 2.42. The zero-order chi connectivity index (χ0) is 27.2. The molecule has 0 aromatic carbocycles. The van der Waals surface area contributed by atoms with Gasteiger partial charge in [-0.3, -0.25) is 4.79 Å². The van der Waals surface area contributed by atoms with E-state index in [4.69, 9.17) is 9.47 Å². The van der Waals surface area contributed by atoms with Crippen LogP contribution in [0.1, 0.15) is 63.5 Å². The van der Waals surface area contributed by atoms with Crippen LogP contribution < -0.4 is 5.32 Å². The van der Waals surface area contributed by atoms with Gasteiger partial charge in [-0.05, 0) is 70.4 Å². The standard InChI is InChI=1S/C27H38N4O6/c1-7-20-15-19(16-21(29-20)9-8-12-28-25(33)35-6)18(2)31(22-10-11-22)24(32)23-17-30(13-14-36-23)26(34)37-27(3,4)5/h7-9,15-16,18,22-23H,1,10-14,17H2,2-6H3,(H,28,33)/t18?,23-/m1/s1. The Bertz CT molecular complexity index is 1030. The molecule has 1 unspecified atom stereocenters. The van der Waals surface area contributed by atoms with Crippen molar-refractivity contribution in [1.29, 1.82) is 0 Å². The van der Waals surface area contributed by atoms with Gasteiger partial charge in [0.1, 0.15) is 5.60 Å². The summed E-state index contributed by atoms with van der Waals surface area (Å²) in [5, 5.41) is 2.59. The molecule has 202 valence electrons. The Morgan fingerprint density at radius 1 is 1.30 bits per heavy atom. The lowest BCUT2D eigenvalue weighted by Crippen LogP contribution is -2.54. The van der Waals surface area contributed by atoms with E-state index in [2.05, 4.69) is 21.6 Å². The molecule has 2 atom stereocenters. The van der Waals surface area contributed by atoms with Crippen LogP contribution in [0.25, 0.3) is 12.2 Å². The van der Waals surface area contributed by atoms with Gasteiger partial charge >= 0.3 is 12.2 Å². The van der Waals surface area contributed by atoms with Gasteiger partial charge in [-0.2, -0.15) is 0 Å². The summed E-state index contributed by atoms with van der Waals surface area (Å²) in [6.07, 6.45) is 5.36. The van der Waals surface area contributed by atoms with E-state index in [1.807, 2.05) is 44.7 Å². The second-order valence-corrected chi connectivity index (χ2v) is 10.2. The fraction of sp³-hybridized carbons (Fsp3) is 0.556.